The molecule has 1 heterocycles. The molecule has 0 atom stereocenters. The lowest BCUT2D eigenvalue weighted by atomic mass is 10.2. The first kappa shape index (κ1) is 7.33. The molecule has 11 heavy (non-hydrogen) atoms. The van der Waals surface area contributed by atoms with Gasteiger partial charge in [-0.25, -0.2) is 4.79 Å². The SMILES string of the molecule is O=C(O)C(=O)c1ccnnc1. The first-order valence-corrected chi connectivity index (χ1v) is 2.76. The summed E-state index contributed by atoms with van der Waals surface area (Å²) in [4.78, 5) is 20.8. The first-order valence-electron chi connectivity index (χ1n) is 2.76. The number of carboxylic acid groups (broad SMARTS) is 1. The second-order valence-electron chi connectivity index (χ2n) is 1.77. The van der Waals surface area contributed by atoms with E-state index in [1.54, 1.807) is 0 Å². The predicted molar refractivity (Wildman–Crippen MR) is 34.0 cm³/mol. The maximum absolute atomic E-state index is 10.7. The fourth-order valence-electron chi connectivity index (χ4n) is 0.548. The highest BCUT2D eigenvalue weighted by atomic mass is 16.4. The van der Waals surface area contributed by atoms with E-state index in [0.717, 1.165) is 6.20 Å². The zero-order chi connectivity index (χ0) is 8.27. The summed E-state index contributed by atoms with van der Waals surface area (Å²) in [5.74, 6) is -2.46. The molecule has 1 aromatic rings. The smallest absolute Gasteiger partial charge is 0.377 e. The summed E-state index contributed by atoms with van der Waals surface area (Å²) in [7, 11) is 0. The Labute approximate surface area is 61.7 Å². The summed E-state index contributed by atoms with van der Waals surface area (Å²) in [6.45, 7) is 0. The van der Waals surface area contributed by atoms with Gasteiger partial charge in [0.05, 0.1) is 18.0 Å². The lowest BCUT2D eigenvalue weighted by Gasteiger charge is -1.90. The first-order chi connectivity index (χ1) is 5.22. The van der Waals surface area contributed by atoms with Crippen molar-refractivity contribution in [1.29, 1.82) is 0 Å². The van der Waals surface area contributed by atoms with Crippen LogP contribution in [0.3, 0.4) is 0 Å². The summed E-state index contributed by atoms with van der Waals surface area (Å²) in [6, 6.07) is 1.30. The lowest BCUT2D eigenvalue weighted by molar-refractivity contribution is -0.131. The summed E-state index contributed by atoms with van der Waals surface area (Å²) in [6.07, 6.45) is 2.37. The monoisotopic (exact) mass is 152 g/mol. The number of aliphatic carboxylic acids is 1. The molecule has 1 N–H and O–H groups in total. The number of aromatic nitrogens is 2. The van der Waals surface area contributed by atoms with Crippen molar-refractivity contribution < 1.29 is 14.7 Å². The average molecular weight is 152 g/mol. The van der Waals surface area contributed by atoms with Crippen LogP contribution in [-0.2, 0) is 4.79 Å². The Kier molecular flexibility index (Phi) is 1.91. The molecule has 0 unspecified atom stereocenters. The molecule has 5 heteroatoms. The number of ketones is 1. The van der Waals surface area contributed by atoms with Crippen LogP contribution >= 0.6 is 0 Å². The number of carbonyl (C=O) groups is 2. The van der Waals surface area contributed by atoms with Gasteiger partial charge in [0, 0.05) is 0 Å². The Hall–Kier alpha value is -1.78. The standard InChI is InChI=1S/C6H4N2O3/c9-5(6(10)11)4-1-2-7-8-3-4/h1-3H,(H,10,11). The lowest BCUT2D eigenvalue weighted by Crippen LogP contribution is -2.12. The number of rotatable bonds is 2. The van der Waals surface area contributed by atoms with Gasteiger partial charge in [0.1, 0.15) is 0 Å². The van der Waals surface area contributed by atoms with Crippen molar-refractivity contribution in [3.05, 3.63) is 24.0 Å². The van der Waals surface area contributed by atoms with Crippen molar-refractivity contribution in [3.8, 4) is 0 Å². The zero-order valence-electron chi connectivity index (χ0n) is 5.39. The summed E-state index contributed by atoms with van der Waals surface area (Å²) >= 11 is 0. The minimum atomic E-state index is -1.49. The molecule has 0 aliphatic carbocycles. The highest BCUT2D eigenvalue weighted by Gasteiger charge is 2.13. The van der Waals surface area contributed by atoms with Crippen molar-refractivity contribution in [2.75, 3.05) is 0 Å². The van der Waals surface area contributed by atoms with Crippen LogP contribution in [0.15, 0.2) is 18.5 Å². The van der Waals surface area contributed by atoms with E-state index < -0.39 is 11.8 Å². The topological polar surface area (TPSA) is 80.1 Å². The van der Waals surface area contributed by atoms with E-state index in [-0.39, 0.29) is 5.56 Å². The van der Waals surface area contributed by atoms with Gasteiger partial charge in [-0.15, -0.1) is 0 Å². The third-order valence-electron chi connectivity index (χ3n) is 1.04. The van der Waals surface area contributed by atoms with Gasteiger partial charge < -0.3 is 5.11 Å². The number of carboxylic acids is 1. The molecule has 56 valence electrons. The van der Waals surface area contributed by atoms with Gasteiger partial charge in [-0.1, -0.05) is 0 Å². The van der Waals surface area contributed by atoms with E-state index in [1.807, 2.05) is 0 Å². The van der Waals surface area contributed by atoms with Gasteiger partial charge in [-0.2, -0.15) is 10.2 Å². The number of nitrogens with zero attached hydrogens (tertiary/aromatic N) is 2. The summed E-state index contributed by atoms with van der Waals surface area (Å²) < 4.78 is 0. The molecule has 0 spiro atoms. The van der Waals surface area contributed by atoms with E-state index in [0.29, 0.717) is 0 Å². The molecule has 0 bridgehead atoms. The number of Topliss-reactive ketones (excluding diaryl/α,β-unsaturated/α-hetero) is 1. The molecule has 0 amide bonds. The van der Waals surface area contributed by atoms with Gasteiger partial charge in [0.25, 0.3) is 5.78 Å². The van der Waals surface area contributed by atoms with E-state index in [1.165, 1.54) is 12.3 Å². The minimum Gasteiger partial charge on any atom is -0.475 e. The Morgan fingerprint density at radius 1 is 1.36 bits per heavy atom. The zero-order valence-corrected chi connectivity index (χ0v) is 5.39. The molecule has 0 aliphatic rings. The number of carbonyl (C=O) groups excluding carboxylic acids is 1. The van der Waals surface area contributed by atoms with Crippen LogP contribution in [0.5, 0.6) is 0 Å². The van der Waals surface area contributed by atoms with Gasteiger partial charge in [0.2, 0.25) is 0 Å². The van der Waals surface area contributed by atoms with E-state index in [9.17, 15) is 9.59 Å². The van der Waals surface area contributed by atoms with Crippen LogP contribution in [0.25, 0.3) is 0 Å². The second kappa shape index (κ2) is 2.87. The van der Waals surface area contributed by atoms with Crippen molar-refractivity contribution in [2.24, 2.45) is 0 Å². The van der Waals surface area contributed by atoms with Gasteiger partial charge in [0.15, 0.2) is 0 Å². The second-order valence-corrected chi connectivity index (χ2v) is 1.77. The predicted octanol–water partition coefficient (Wildman–Crippen LogP) is -0.256. The molecule has 1 aromatic heterocycles. The Balaban J connectivity index is 2.95. The molecule has 1 rings (SSSR count). The fraction of sp³-hybridized carbons (Fsp3) is 0. The Morgan fingerprint density at radius 2 is 2.09 bits per heavy atom. The van der Waals surface area contributed by atoms with Crippen molar-refractivity contribution in [3.63, 3.8) is 0 Å². The third kappa shape index (κ3) is 1.57. The number of hydrogen-bond donors (Lipinski definition) is 1. The van der Waals surface area contributed by atoms with Gasteiger partial charge in [-0.05, 0) is 6.07 Å². The van der Waals surface area contributed by atoms with Gasteiger partial charge >= 0.3 is 5.97 Å². The summed E-state index contributed by atoms with van der Waals surface area (Å²) in [5.41, 5.74) is 0.0347. The average Bonchev–Trinajstić information content (AvgIpc) is 2.05. The third-order valence-corrected chi connectivity index (χ3v) is 1.04. The maximum Gasteiger partial charge on any atom is 0.377 e. The van der Waals surface area contributed by atoms with Crippen LogP contribution in [0, 0.1) is 0 Å². The maximum atomic E-state index is 10.7. The molecule has 0 saturated carbocycles. The van der Waals surface area contributed by atoms with Crippen molar-refractivity contribution in [2.45, 2.75) is 0 Å². The largest absolute Gasteiger partial charge is 0.475 e. The van der Waals surface area contributed by atoms with E-state index in [2.05, 4.69) is 10.2 Å². The Morgan fingerprint density at radius 3 is 2.55 bits per heavy atom. The molecule has 0 saturated heterocycles. The molecular formula is C6H4N2O3. The van der Waals surface area contributed by atoms with Crippen LogP contribution in [0.2, 0.25) is 0 Å². The molecular weight excluding hydrogens is 148 g/mol. The molecule has 0 aliphatic heterocycles. The van der Waals surface area contributed by atoms with Crippen LogP contribution in [0.1, 0.15) is 10.4 Å². The van der Waals surface area contributed by atoms with E-state index >= 15 is 0 Å². The molecule has 0 aromatic carbocycles. The minimum absolute atomic E-state index is 0.0347. The summed E-state index contributed by atoms with van der Waals surface area (Å²) in [5, 5.41) is 15.0. The number of hydrogen-bond acceptors (Lipinski definition) is 4. The highest BCUT2D eigenvalue weighted by Crippen LogP contribution is 1.94. The van der Waals surface area contributed by atoms with Crippen LogP contribution in [-0.4, -0.2) is 27.1 Å². The van der Waals surface area contributed by atoms with Crippen molar-refractivity contribution in [1.82, 2.24) is 10.2 Å². The molecule has 5 nitrogen and oxygen atoms in total. The molecule has 0 fully saturated rings. The Bertz CT molecular complexity index is 283. The highest BCUT2D eigenvalue weighted by molar-refractivity contribution is 6.39. The van der Waals surface area contributed by atoms with Crippen LogP contribution < -0.4 is 0 Å². The molecule has 0 radical (unpaired) electrons. The normalized spacial score (nSPS) is 9.09. The van der Waals surface area contributed by atoms with Gasteiger partial charge in [-0.3, -0.25) is 4.79 Å². The fourth-order valence-corrected chi connectivity index (χ4v) is 0.548. The quantitative estimate of drug-likeness (QED) is 0.466. The van der Waals surface area contributed by atoms with E-state index in [4.69, 9.17) is 5.11 Å². The van der Waals surface area contributed by atoms with Crippen molar-refractivity contribution >= 4 is 11.8 Å². The van der Waals surface area contributed by atoms with Crippen LogP contribution in [0.4, 0.5) is 0 Å².